The number of amides is 1. The molecular formula is C16H18ClNO3. The van der Waals surface area contributed by atoms with Crippen molar-refractivity contribution in [2.75, 3.05) is 13.7 Å². The second-order valence-electron chi connectivity index (χ2n) is 5.00. The summed E-state index contributed by atoms with van der Waals surface area (Å²) >= 11 is 6.09. The van der Waals surface area contributed by atoms with Crippen molar-refractivity contribution in [2.24, 2.45) is 0 Å². The van der Waals surface area contributed by atoms with Gasteiger partial charge in [0.1, 0.15) is 6.61 Å². The first-order valence-corrected chi connectivity index (χ1v) is 7.24. The number of halogens is 1. The molecule has 4 nitrogen and oxygen atoms in total. The molecule has 1 saturated carbocycles. The van der Waals surface area contributed by atoms with E-state index in [9.17, 15) is 4.79 Å². The van der Waals surface area contributed by atoms with Crippen LogP contribution in [0.1, 0.15) is 35.2 Å². The van der Waals surface area contributed by atoms with Gasteiger partial charge >= 0.3 is 0 Å². The van der Waals surface area contributed by atoms with Gasteiger partial charge in [-0.15, -0.1) is 0 Å². The lowest BCUT2D eigenvalue weighted by Gasteiger charge is -2.13. The van der Waals surface area contributed by atoms with Crippen LogP contribution in [0, 0.1) is 11.8 Å². The Hall–Kier alpha value is -1.54. The third kappa shape index (κ3) is 4.21. The van der Waals surface area contributed by atoms with E-state index in [1.165, 1.54) is 0 Å². The van der Waals surface area contributed by atoms with E-state index in [1.807, 2.05) is 0 Å². The summed E-state index contributed by atoms with van der Waals surface area (Å²) < 4.78 is 5.29. The maximum absolute atomic E-state index is 12.2. The number of aliphatic hydroxyl groups excluding tert-OH is 1. The second-order valence-corrected chi connectivity index (χ2v) is 5.40. The summed E-state index contributed by atoms with van der Waals surface area (Å²) in [5.41, 5.74) is 1.11. The monoisotopic (exact) mass is 307 g/mol. The molecule has 0 saturated heterocycles. The smallest absolute Gasteiger partial charge is 0.251 e. The number of carbonyl (C=O) groups is 1. The summed E-state index contributed by atoms with van der Waals surface area (Å²) in [6.45, 7) is -0.221. The Balaban J connectivity index is 2.01. The number of nitrogens with one attached hydrogen (secondary N) is 1. The van der Waals surface area contributed by atoms with Crippen molar-refractivity contribution in [3.63, 3.8) is 0 Å². The summed E-state index contributed by atoms with van der Waals surface area (Å²) in [7, 11) is 1.70. The zero-order valence-electron chi connectivity index (χ0n) is 11.9. The minimum absolute atomic E-state index is 0.139. The standard InChI is InChI=1S/C16H18ClNO3/c1-21-14-7-6-13(10-14)18-16(20)12-5-4-11(3-2-8-19)15(17)9-12/h4-5,9,13-14,19H,6-8,10H2,1H3,(H,18,20). The Morgan fingerprint density at radius 3 is 2.95 bits per heavy atom. The van der Waals surface area contributed by atoms with E-state index in [0.29, 0.717) is 16.1 Å². The predicted octanol–water partition coefficient (Wildman–Crippen LogP) is 1.98. The average molecular weight is 308 g/mol. The van der Waals surface area contributed by atoms with Gasteiger partial charge in [-0.3, -0.25) is 4.79 Å². The van der Waals surface area contributed by atoms with Crippen LogP contribution in [0.25, 0.3) is 0 Å². The van der Waals surface area contributed by atoms with Crippen molar-refractivity contribution < 1.29 is 14.6 Å². The number of rotatable bonds is 3. The lowest BCUT2D eigenvalue weighted by atomic mass is 10.1. The molecule has 0 aromatic heterocycles. The van der Waals surface area contributed by atoms with Crippen molar-refractivity contribution >= 4 is 17.5 Å². The lowest BCUT2D eigenvalue weighted by Crippen LogP contribution is -2.33. The van der Waals surface area contributed by atoms with Crippen molar-refractivity contribution in [1.29, 1.82) is 0 Å². The molecule has 0 bridgehead atoms. The molecule has 2 N–H and O–H groups in total. The minimum atomic E-state index is -0.221. The molecule has 112 valence electrons. The Kier molecular flexibility index (Phi) is 5.63. The molecule has 1 aliphatic rings. The van der Waals surface area contributed by atoms with Crippen LogP contribution in [-0.2, 0) is 4.74 Å². The SMILES string of the molecule is COC1CCC(NC(=O)c2ccc(C#CCO)c(Cl)c2)C1. The zero-order valence-corrected chi connectivity index (χ0v) is 12.6. The Morgan fingerprint density at radius 1 is 1.52 bits per heavy atom. The van der Waals surface area contributed by atoms with Gasteiger partial charge in [0, 0.05) is 24.3 Å². The molecule has 1 aromatic carbocycles. The first-order valence-electron chi connectivity index (χ1n) is 6.87. The Labute approximate surface area is 129 Å². The summed E-state index contributed by atoms with van der Waals surface area (Å²) in [6.07, 6.45) is 2.97. The fraction of sp³-hybridized carbons (Fsp3) is 0.438. The average Bonchev–Trinajstić information content (AvgIpc) is 2.93. The fourth-order valence-corrected chi connectivity index (χ4v) is 2.67. The van der Waals surface area contributed by atoms with Gasteiger partial charge in [-0.05, 0) is 37.5 Å². The van der Waals surface area contributed by atoms with Gasteiger partial charge in [-0.1, -0.05) is 23.4 Å². The van der Waals surface area contributed by atoms with E-state index < -0.39 is 0 Å². The molecule has 2 atom stereocenters. The van der Waals surface area contributed by atoms with Crippen LogP contribution >= 0.6 is 11.6 Å². The van der Waals surface area contributed by atoms with Crippen LogP contribution in [0.15, 0.2) is 18.2 Å². The molecular weight excluding hydrogens is 290 g/mol. The molecule has 1 aromatic rings. The van der Waals surface area contributed by atoms with Crippen molar-refractivity contribution in [3.05, 3.63) is 34.3 Å². The number of hydrogen-bond donors (Lipinski definition) is 2. The molecule has 1 fully saturated rings. The van der Waals surface area contributed by atoms with Crippen LogP contribution in [0.3, 0.4) is 0 Å². The van der Waals surface area contributed by atoms with Gasteiger partial charge < -0.3 is 15.2 Å². The third-order valence-electron chi connectivity index (χ3n) is 3.59. The van der Waals surface area contributed by atoms with Crippen LogP contribution in [0.5, 0.6) is 0 Å². The van der Waals surface area contributed by atoms with Gasteiger partial charge in [0.05, 0.1) is 11.1 Å². The molecule has 1 aliphatic carbocycles. The fourth-order valence-electron chi connectivity index (χ4n) is 2.45. The molecule has 2 unspecified atom stereocenters. The van der Waals surface area contributed by atoms with Crippen LogP contribution < -0.4 is 5.32 Å². The van der Waals surface area contributed by atoms with Crippen molar-refractivity contribution in [3.8, 4) is 11.8 Å². The van der Waals surface area contributed by atoms with Crippen LogP contribution in [0.2, 0.25) is 5.02 Å². The highest BCUT2D eigenvalue weighted by Gasteiger charge is 2.25. The van der Waals surface area contributed by atoms with E-state index in [-0.39, 0.29) is 24.7 Å². The number of ether oxygens (including phenoxy) is 1. The van der Waals surface area contributed by atoms with Gasteiger partial charge in [-0.2, -0.15) is 0 Å². The molecule has 1 amide bonds. The zero-order chi connectivity index (χ0) is 15.2. The number of benzene rings is 1. The molecule has 0 aliphatic heterocycles. The summed E-state index contributed by atoms with van der Waals surface area (Å²) in [5.74, 6) is 5.13. The molecule has 5 heteroatoms. The third-order valence-corrected chi connectivity index (χ3v) is 3.90. The Bertz CT molecular complexity index is 577. The van der Waals surface area contributed by atoms with E-state index in [2.05, 4.69) is 17.2 Å². The van der Waals surface area contributed by atoms with E-state index in [4.69, 9.17) is 21.4 Å². The first kappa shape index (κ1) is 15.8. The summed E-state index contributed by atoms with van der Waals surface area (Å²) in [6, 6.07) is 5.12. The number of methoxy groups -OCH3 is 1. The highest BCUT2D eigenvalue weighted by molar-refractivity contribution is 6.32. The number of hydrogen-bond acceptors (Lipinski definition) is 3. The van der Waals surface area contributed by atoms with Crippen molar-refractivity contribution in [1.82, 2.24) is 5.32 Å². The highest BCUT2D eigenvalue weighted by atomic mass is 35.5. The van der Waals surface area contributed by atoms with Gasteiger partial charge in [0.25, 0.3) is 5.91 Å². The highest BCUT2D eigenvalue weighted by Crippen LogP contribution is 2.22. The Morgan fingerprint density at radius 2 is 2.33 bits per heavy atom. The van der Waals surface area contributed by atoms with Gasteiger partial charge in [0.15, 0.2) is 0 Å². The first-order chi connectivity index (χ1) is 10.1. The van der Waals surface area contributed by atoms with Crippen LogP contribution in [-0.4, -0.2) is 36.9 Å². The van der Waals surface area contributed by atoms with Gasteiger partial charge in [0.2, 0.25) is 0 Å². The molecule has 0 radical (unpaired) electrons. The topological polar surface area (TPSA) is 58.6 Å². The summed E-state index contributed by atoms with van der Waals surface area (Å²) in [5, 5.41) is 12.1. The normalized spacial score (nSPS) is 20.7. The largest absolute Gasteiger partial charge is 0.384 e. The van der Waals surface area contributed by atoms with Gasteiger partial charge in [-0.25, -0.2) is 0 Å². The number of aliphatic hydroxyl groups is 1. The quantitative estimate of drug-likeness (QED) is 0.840. The van der Waals surface area contributed by atoms with Crippen molar-refractivity contribution in [2.45, 2.75) is 31.4 Å². The second kappa shape index (κ2) is 7.46. The molecule has 0 heterocycles. The lowest BCUT2D eigenvalue weighted by molar-refractivity contribution is 0.0915. The molecule has 21 heavy (non-hydrogen) atoms. The minimum Gasteiger partial charge on any atom is -0.384 e. The number of carbonyl (C=O) groups excluding carboxylic acids is 1. The summed E-state index contributed by atoms with van der Waals surface area (Å²) in [4.78, 5) is 12.2. The molecule has 0 spiro atoms. The maximum atomic E-state index is 12.2. The predicted molar refractivity (Wildman–Crippen MR) is 81.3 cm³/mol. The van der Waals surface area contributed by atoms with E-state index >= 15 is 0 Å². The van der Waals surface area contributed by atoms with E-state index in [1.54, 1.807) is 25.3 Å². The maximum Gasteiger partial charge on any atom is 0.251 e. The van der Waals surface area contributed by atoms with E-state index in [0.717, 1.165) is 19.3 Å². The molecule has 2 rings (SSSR count). The van der Waals surface area contributed by atoms with Crippen LogP contribution in [0.4, 0.5) is 0 Å².